The third-order valence-electron chi connectivity index (χ3n) is 4.16. The van der Waals surface area contributed by atoms with Gasteiger partial charge in [-0.05, 0) is 50.5 Å². The lowest BCUT2D eigenvalue weighted by molar-refractivity contribution is 0.150. The molecule has 1 aliphatic heterocycles. The first-order valence-electron chi connectivity index (χ1n) is 6.98. The fourth-order valence-corrected chi connectivity index (χ4v) is 2.72. The Morgan fingerprint density at radius 1 is 1.35 bits per heavy atom. The first-order valence-corrected chi connectivity index (χ1v) is 7.36. The molecule has 2 aromatic heterocycles. The van der Waals surface area contributed by atoms with E-state index in [4.69, 9.17) is 11.6 Å². The number of pyridine rings is 1. The van der Waals surface area contributed by atoms with Crippen LogP contribution in [0.25, 0.3) is 5.65 Å². The van der Waals surface area contributed by atoms with Crippen molar-refractivity contribution in [2.75, 3.05) is 32.0 Å². The highest BCUT2D eigenvalue weighted by atomic mass is 35.5. The second-order valence-corrected chi connectivity index (χ2v) is 6.49. The van der Waals surface area contributed by atoms with Gasteiger partial charge in [-0.3, -0.25) is 0 Å². The first kappa shape index (κ1) is 13.6. The van der Waals surface area contributed by atoms with Gasteiger partial charge in [-0.2, -0.15) is 4.98 Å². The molecule has 0 saturated carbocycles. The van der Waals surface area contributed by atoms with Gasteiger partial charge in [0.25, 0.3) is 0 Å². The van der Waals surface area contributed by atoms with Crippen molar-refractivity contribution >= 4 is 23.2 Å². The van der Waals surface area contributed by atoms with Crippen LogP contribution in [0.1, 0.15) is 19.8 Å². The van der Waals surface area contributed by atoms with Crippen molar-refractivity contribution in [1.29, 1.82) is 0 Å². The van der Waals surface area contributed by atoms with E-state index in [0.717, 1.165) is 25.3 Å². The van der Waals surface area contributed by atoms with Crippen molar-refractivity contribution in [3.63, 3.8) is 0 Å². The normalized spacial score (nSPS) is 19.4. The summed E-state index contributed by atoms with van der Waals surface area (Å²) < 4.78 is 1.71. The number of rotatable bonds is 3. The van der Waals surface area contributed by atoms with Crippen LogP contribution in [0.4, 0.5) is 5.95 Å². The van der Waals surface area contributed by atoms with Crippen molar-refractivity contribution in [2.24, 2.45) is 5.41 Å². The lowest BCUT2D eigenvalue weighted by atomic mass is 9.80. The lowest BCUT2D eigenvalue weighted by Gasteiger charge is -2.37. The van der Waals surface area contributed by atoms with Gasteiger partial charge in [0, 0.05) is 12.7 Å². The van der Waals surface area contributed by atoms with E-state index in [2.05, 4.69) is 34.3 Å². The highest BCUT2D eigenvalue weighted by Gasteiger charge is 2.28. The minimum atomic E-state index is 0.321. The van der Waals surface area contributed by atoms with Crippen LogP contribution in [-0.2, 0) is 0 Å². The fourth-order valence-electron chi connectivity index (χ4n) is 2.56. The minimum absolute atomic E-state index is 0.321. The molecule has 0 radical (unpaired) electrons. The number of nitrogens with zero attached hydrogens (tertiary/aromatic N) is 4. The molecule has 0 amide bonds. The molecule has 1 saturated heterocycles. The molecule has 1 fully saturated rings. The molecule has 6 heteroatoms. The van der Waals surface area contributed by atoms with Gasteiger partial charge in [0.05, 0.1) is 5.02 Å². The number of hydrogen-bond donors (Lipinski definition) is 1. The van der Waals surface area contributed by atoms with E-state index in [9.17, 15) is 0 Å². The van der Waals surface area contributed by atoms with E-state index in [-0.39, 0.29) is 0 Å². The Kier molecular flexibility index (Phi) is 3.56. The van der Waals surface area contributed by atoms with E-state index in [1.807, 2.05) is 12.1 Å². The Hall–Kier alpha value is -1.33. The molecule has 0 aliphatic carbocycles. The summed E-state index contributed by atoms with van der Waals surface area (Å²) in [5, 5.41) is 8.44. The number of anilines is 1. The summed E-state index contributed by atoms with van der Waals surface area (Å²) in [5.74, 6) is 0.674. The number of piperidine rings is 1. The summed E-state index contributed by atoms with van der Waals surface area (Å²) in [7, 11) is 2.18. The van der Waals surface area contributed by atoms with Crippen molar-refractivity contribution in [2.45, 2.75) is 19.8 Å². The Morgan fingerprint density at radius 2 is 2.10 bits per heavy atom. The van der Waals surface area contributed by atoms with Gasteiger partial charge in [0.15, 0.2) is 5.65 Å². The average Bonchev–Trinajstić information content (AvgIpc) is 2.82. The Bertz CT molecular complexity index is 601. The van der Waals surface area contributed by atoms with Crippen LogP contribution in [0.2, 0.25) is 5.02 Å². The highest BCUT2D eigenvalue weighted by Crippen LogP contribution is 2.30. The number of nitrogens with one attached hydrogen (secondary N) is 1. The molecule has 5 nitrogen and oxygen atoms in total. The molecule has 0 unspecified atom stereocenters. The van der Waals surface area contributed by atoms with E-state index in [0.29, 0.717) is 16.4 Å². The largest absolute Gasteiger partial charge is 0.352 e. The zero-order valence-electron chi connectivity index (χ0n) is 11.9. The van der Waals surface area contributed by atoms with E-state index in [1.54, 1.807) is 10.7 Å². The zero-order valence-corrected chi connectivity index (χ0v) is 12.7. The first-order chi connectivity index (χ1) is 9.54. The molecule has 0 aromatic carbocycles. The molecule has 20 heavy (non-hydrogen) atoms. The van der Waals surface area contributed by atoms with Gasteiger partial charge in [0.1, 0.15) is 0 Å². The van der Waals surface area contributed by atoms with Crippen molar-refractivity contribution in [3.8, 4) is 0 Å². The van der Waals surface area contributed by atoms with Gasteiger partial charge >= 0.3 is 0 Å². The SMILES string of the molecule is CN1CCC(C)(CNc2nc3ccc(Cl)cn3n2)CC1. The van der Waals surface area contributed by atoms with Crippen LogP contribution >= 0.6 is 11.6 Å². The van der Waals surface area contributed by atoms with Crippen LogP contribution in [0.15, 0.2) is 18.3 Å². The summed E-state index contributed by atoms with van der Waals surface area (Å²) in [6, 6.07) is 3.70. The van der Waals surface area contributed by atoms with Crippen molar-refractivity contribution < 1.29 is 0 Å². The van der Waals surface area contributed by atoms with Crippen LogP contribution in [-0.4, -0.2) is 46.2 Å². The van der Waals surface area contributed by atoms with Crippen LogP contribution < -0.4 is 5.32 Å². The third kappa shape index (κ3) is 2.88. The smallest absolute Gasteiger partial charge is 0.243 e. The topological polar surface area (TPSA) is 45.5 Å². The summed E-state index contributed by atoms with van der Waals surface area (Å²) >= 11 is 5.95. The number of aromatic nitrogens is 3. The van der Waals surface area contributed by atoms with Gasteiger partial charge in [-0.25, -0.2) is 4.52 Å². The predicted octanol–water partition coefficient (Wildman–Crippen LogP) is 2.53. The summed E-state index contributed by atoms with van der Waals surface area (Å²) in [4.78, 5) is 6.84. The average molecular weight is 294 g/mol. The Morgan fingerprint density at radius 3 is 2.85 bits per heavy atom. The maximum Gasteiger partial charge on any atom is 0.243 e. The van der Waals surface area contributed by atoms with Crippen LogP contribution in [0, 0.1) is 5.41 Å². The van der Waals surface area contributed by atoms with E-state index < -0.39 is 0 Å². The molecule has 0 spiro atoms. The predicted molar refractivity (Wildman–Crippen MR) is 81.3 cm³/mol. The molecule has 1 aliphatic rings. The van der Waals surface area contributed by atoms with Gasteiger partial charge in [-0.15, -0.1) is 5.10 Å². The standard InChI is InChI=1S/C14H20ClN5/c1-14(5-7-19(2)8-6-14)10-16-13-17-12-4-3-11(15)9-20(12)18-13/h3-4,9H,5-8,10H2,1-2H3,(H,16,18). The number of likely N-dealkylation sites (tertiary alicyclic amines) is 1. The number of fused-ring (bicyclic) bond motifs is 1. The quantitative estimate of drug-likeness (QED) is 0.944. The van der Waals surface area contributed by atoms with E-state index in [1.165, 1.54) is 12.8 Å². The second-order valence-electron chi connectivity index (χ2n) is 6.05. The van der Waals surface area contributed by atoms with Crippen LogP contribution in [0.3, 0.4) is 0 Å². The Balaban J connectivity index is 1.67. The molecule has 3 rings (SSSR count). The summed E-state index contributed by atoms with van der Waals surface area (Å²) in [6.45, 7) is 5.56. The molecular formula is C14H20ClN5. The molecule has 1 N–H and O–H groups in total. The Labute approximate surface area is 123 Å². The fraction of sp³-hybridized carbons (Fsp3) is 0.571. The second kappa shape index (κ2) is 5.22. The third-order valence-corrected chi connectivity index (χ3v) is 4.39. The molecule has 108 valence electrons. The zero-order chi connectivity index (χ0) is 14.2. The number of halogens is 1. The molecular weight excluding hydrogens is 274 g/mol. The lowest BCUT2D eigenvalue weighted by Crippen LogP contribution is -2.40. The van der Waals surface area contributed by atoms with E-state index >= 15 is 0 Å². The van der Waals surface area contributed by atoms with Crippen molar-refractivity contribution in [1.82, 2.24) is 19.5 Å². The summed E-state index contributed by atoms with van der Waals surface area (Å²) in [6.07, 6.45) is 4.18. The molecule has 0 bridgehead atoms. The van der Waals surface area contributed by atoms with Crippen LogP contribution in [0.5, 0.6) is 0 Å². The van der Waals surface area contributed by atoms with Gasteiger partial charge in [-0.1, -0.05) is 18.5 Å². The van der Waals surface area contributed by atoms with Crippen molar-refractivity contribution in [3.05, 3.63) is 23.4 Å². The molecule has 3 heterocycles. The molecule has 0 atom stereocenters. The van der Waals surface area contributed by atoms with Gasteiger partial charge in [0.2, 0.25) is 5.95 Å². The number of hydrogen-bond acceptors (Lipinski definition) is 4. The monoisotopic (exact) mass is 293 g/mol. The minimum Gasteiger partial charge on any atom is -0.352 e. The van der Waals surface area contributed by atoms with Gasteiger partial charge < -0.3 is 10.2 Å². The molecule has 2 aromatic rings. The highest BCUT2D eigenvalue weighted by molar-refractivity contribution is 6.30. The maximum absolute atomic E-state index is 5.95. The summed E-state index contributed by atoms with van der Waals surface area (Å²) in [5.41, 5.74) is 1.13. The maximum atomic E-state index is 5.95.